The summed E-state index contributed by atoms with van der Waals surface area (Å²) in [5.74, 6) is 0.817. The number of aryl methyl sites for hydroxylation is 1. The normalized spacial score (nSPS) is 20.3. The van der Waals surface area contributed by atoms with Crippen molar-refractivity contribution in [1.29, 1.82) is 0 Å². The van der Waals surface area contributed by atoms with Gasteiger partial charge in [0.2, 0.25) is 0 Å². The van der Waals surface area contributed by atoms with Crippen molar-refractivity contribution in [1.82, 2.24) is 15.2 Å². The van der Waals surface area contributed by atoms with Crippen LogP contribution in [0.5, 0.6) is 0 Å². The average molecular weight is 345 g/mol. The Bertz CT molecular complexity index is 685. The number of likely N-dealkylation sites (tertiary alicyclic amines) is 1. The number of carbonyl (C=O) groups is 1. The van der Waals surface area contributed by atoms with Gasteiger partial charge in [0.05, 0.1) is 17.9 Å². The van der Waals surface area contributed by atoms with Gasteiger partial charge in [0, 0.05) is 30.2 Å². The van der Waals surface area contributed by atoms with Gasteiger partial charge in [-0.15, -0.1) is 11.3 Å². The molecule has 4 rings (SSSR count). The van der Waals surface area contributed by atoms with E-state index in [1.807, 2.05) is 4.90 Å². The molecule has 1 aliphatic carbocycles. The lowest BCUT2D eigenvalue weighted by molar-refractivity contribution is 0.0699. The smallest absolute Gasteiger partial charge is 0.257 e. The molecule has 1 aliphatic heterocycles. The highest BCUT2D eigenvalue weighted by molar-refractivity contribution is 7.09. The first-order valence-electron chi connectivity index (χ1n) is 8.70. The van der Waals surface area contributed by atoms with Crippen LogP contribution >= 0.6 is 11.3 Å². The van der Waals surface area contributed by atoms with Crippen LogP contribution in [-0.4, -0.2) is 34.9 Å². The molecule has 5 nitrogen and oxygen atoms in total. The summed E-state index contributed by atoms with van der Waals surface area (Å²) in [6, 6.07) is 2.60. The van der Waals surface area contributed by atoms with Crippen molar-refractivity contribution >= 4 is 17.2 Å². The molecule has 6 heteroatoms. The van der Waals surface area contributed by atoms with Crippen molar-refractivity contribution in [3.63, 3.8) is 0 Å². The van der Waals surface area contributed by atoms with Crippen LogP contribution in [0.1, 0.15) is 52.8 Å². The minimum atomic E-state index is 0.0801. The molecule has 2 aromatic heterocycles. The summed E-state index contributed by atoms with van der Waals surface area (Å²) in [5, 5.41) is 7.20. The highest BCUT2D eigenvalue weighted by Gasteiger charge is 2.36. The number of amides is 1. The number of furan rings is 1. The average Bonchev–Trinajstić information content (AvgIpc) is 3.10. The molecule has 0 radical (unpaired) electrons. The van der Waals surface area contributed by atoms with E-state index >= 15 is 0 Å². The number of nitrogens with zero attached hydrogens (tertiary/aromatic N) is 2. The standard InChI is InChI=1S/C18H23N3O2S/c1-12-11-24-17(19-12)16(13-2-3-13)20-15-4-7-21(8-5-15)18(22)14-6-9-23-10-14/h6,9-11,13,15-16,20H,2-5,7-8H2,1H3/t16-/m0/s1. The Hall–Kier alpha value is -1.66. The topological polar surface area (TPSA) is 58.4 Å². The fourth-order valence-electron chi connectivity index (χ4n) is 3.43. The minimum absolute atomic E-state index is 0.0801. The summed E-state index contributed by atoms with van der Waals surface area (Å²) < 4.78 is 5.02. The fraction of sp³-hybridized carbons (Fsp3) is 0.556. The number of thiazole rings is 1. The van der Waals surface area contributed by atoms with Crippen molar-refractivity contribution in [3.8, 4) is 0 Å². The van der Waals surface area contributed by atoms with Crippen LogP contribution < -0.4 is 5.32 Å². The predicted octanol–water partition coefficient (Wildman–Crippen LogP) is 3.39. The second-order valence-corrected chi connectivity index (χ2v) is 7.78. The van der Waals surface area contributed by atoms with Crippen molar-refractivity contribution in [3.05, 3.63) is 40.2 Å². The van der Waals surface area contributed by atoms with E-state index in [4.69, 9.17) is 9.40 Å². The van der Waals surface area contributed by atoms with Crippen LogP contribution in [0.15, 0.2) is 28.4 Å². The zero-order valence-electron chi connectivity index (χ0n) is 13.9. The summed E-state index contributed by atoms with van der Waals surface area (Å²) >= 11 is 1.77. The third kappa shape index (κ3) is 3.39. The van der Waals surface area contributed by atoms with Gasteiger partial charge in [0.25, 0.3) is 5.91 Å². The number of rotatable bonds is 5. The van der Waals surface area contributed by atoms with E-state index in [2.05, 4.69) is 17.6 Å². The van der Waals surface area contributed by atoms with E-state index < -0.39 is 0 Å². The van der Waals surface area contributed by atoms with Crippen LogP contribution in [-0.2, 0) is 0 Å². The van der Waals surface area contributed by atoms with Gasteiger partial charge in [0.1, 0.15) is 11.3 Å². The number of piperidine rings is 1. The molecule has 2 aromatic rings. The monoisotopic (exact) mass is 345 g/mol. The lowest BCUT2D eigenvalue weighted by Gasteiger charge is -2.34. The SMILES string of the molecule is Cc1csc([C@@H](NC2CCN(C(=O)c3ccoc3)CC2)C2CC2)n1. The molecule has 0 unspecified atom stereocenters. The Morgan fingerprint density at radius 3 is 2.75 bits per heavy atom. The van der Waals surface area contributed by atoms with Crippen molar-refractivity contribution in [2.45, 2.75) is 44.7 Å². The lowest BCUT2D eigenvalue weighted by Crippen LogP contribution is -2.46. The van der Waals surface area contributed by atoms with E-state index in [0.29, 0.717) is 17.6 Å². The van der Waals surface area contributed by atoms with Crippen LogP contribution in [0.2, 0.25) is 0 Å². The van der Waals surface area contributed by atoms with E-state index in [-0.39, 0.29) is 5.91 Å². The quantitative estimate of drug-likeness (QED) is 0.902. The summed E-state index contributed by atoms with van der Waals surface area (Å²) in [4.78, 5) is 19.0. The molecule has 2 fully saturated rings. The van der Waals surface area contributed by atoms with Gasteiger partial charge in [-0.05, 0) is 44.6 Å². The third-order valence-electron chi connectivity index (χ3n) is 4.96. The van der Waals surface area contributed by atoms with Gasteiger partial charge >= 0.3 is 0 Å². The number of aromatic nitrogens is 1. The first kappa shape index (κ1) is 15.8. The number of hydrogen-bond acceptors (Lipinski definition) is 5. The van der Waals surface area contributed by atoms with E-state index in [1.165, 1.54) is 24.1 Å². The summed E-state index contributed by atoms with van der Waals surface area (Å²) in [6.45, 7) is 3.66. The van der Waals surface area contributed by atoms with Crippen LogP contribution in [0, 0.1) is 12.8 Å². The van der Waals surface area contributed by atoms with Crippen LogP contribution in [0.25, 0.3) is 0 Å². The third-order valence-corrected chi connectivity index (χ3v) is 6.01. The van der Waals surface area contributed by atoms with Crippen molar-refractivity contribution in [2.24, 2.45) is 5.92 Å². The maximum absolute atomic E-state index is 12.4. The molecule has 128 valence electrons. The first-order chi connectivity index (χ1) is 11.7. The summed E-state index contributed by atoms with van der Waals surface area (Å²) in [7, 11) is 0. The van der Waals surface area contributed by atoms with Gasteiger partial charge in [0.15, 0.2) is 0 Å². The second kappa shape index (κ2) is 6.69. The molecule has 3 heterocycles. The van der Waals surface area contributed by atoms with Crippen molar-refractivity contribution < 1.29 is 9.21 Å². The first-order valence-corrected chi connectivity index (χ1v) is 9.58. The molecule has 1 saturated carbocycles. The van der Waals surface area contributed by atoms with E-state index in [1.54, 1.807) is 23.7 Å². The zero-order chi connectivity index (χ0) is 16.5. The van der Waals surface area contributed by atoms with Gasteiger partial charge in [-0.3, -0.25) is 4.79 Å². The molecule has 1 N–H and O–H groups in total. The highest BCUT2D eigenvalue weighted by atomic mass is 32.1. The minimum Gasteiger partial charge on any atom is -0.472 e. The molecule has 24 heavy (non-hydrogen) atoms. The molecule has 0 spiro atoms. The van der Waals surface area contributed by atoms with E-state index in [9.17, 15) is 4.79 Å². The number of hydrogen-bond donors (Lipinski definition) is 1. The zero-order valence-corrected chi connectivity index (χ0v) is 14.7. The maximum Gasteiger partial charge on any atom is 0.257 e. The fourth-order valence-corrected chi connectivity index (χ4v) is 4.37. The largest absolute Gasteiger partial charge is 0.472 e. The summed E-state index contributed by atoms with van der Waals surface area (Å²) in [5.41, 5.74) is 1.76. The Morgan fingerprint density at radius 1 is 1.38 bits per heavy atom. The molecule has 0 aromatic carbocycles. The Morgan fingerprint density at radius 2 is 2.17 bits per heavy atom. The van der Waals surface area contributed by atoms with Gasteiger partial charge in [-0.2, -0.15) is 0 Å². The van der Waals surface area contributed by atoms with Gasteiger partial charge in [-0.1, -0.05) is 0 Å². The Labute approximate surface area is 146 Å². The van der Waals surface area contributed by atoms with Gasteiger partial charge < -0.3 is 14.6 Å². The van der Waals surface area contributed by atoms with Crippen LogP contribution in [0.3, 0.4) is 0 Å². The molecule has 1 amide bonds. The molecule has 1 atom stereocenters. The lowest BCUT2D eigenvalue weighted by atomic mass is 10.0. The highest BCUT2D eigenvalue weighted by Crippen LogP contribution is 2.42. The van der Waals surface area contributed by atoms with Crippen molar-refractivity contribution in [2.75, 3.05) is 13.1 Å². The summed E-state index contributed by atoms with van der Waals surface area (Å²) in [6.07, 6.45) is 7.68. The number of carbonyl (C=O) groups excluding carboxylic acids is 1. The Balaban J connectivity index is 1.34. The Kier molecular flexibility index (Phi) is 4.41. The molecule has 1 saturated heterocycles. The molecular formula is C18H23N3O2S. The predicted molar refractivity (Wildman–Crippen MR) is 93.1 cm³/mol. The number of nitrogens with one attached hydrogen (secondary N) is 1. The van der Waals surface area contributed by atoms with Gasteiger partial charge in [-0.25, -0.2) is 4.98 Å². The van der Waals surface area contributed by atoms with Crippen LogP contribution in [0.4, 0.5) is 0 Å². The second-order valence-electron chi connectivity index (χ2n) is 6.89. The molecule has 0 bridgehead atoms. The molecule has 2 aliphatic rings. The van der Waals surface area contributed by atoms with E-state index in [0.717, 1.165) is 37.5 Å². The molecular weight excluding hydrogens is 322 g/mol. The maximum atomic E-state index is 12.4.